The summed E-state index contributed by atoms with van der Waals surface area (Å²) in [6, 6.07) is 0.725. The summed E-state index contributed by atoms with van der Waals surface area (Å²) in [5, 5.41) is 4.94. The van der Waals surface area contributed by atoms with Gasteiger partial charge in [-0.1, -0.05) is 19.3 Å². The van der Waals surface area contributed by atoms with Gasteiger partial charge in [-0.15, -0.1) is 11.3 Å². The normalized spacial score (nSPS) is 26.7. The number of hydrogen-bond donors (Lipinski definition) is 1. The van der Waals surface area contributed by atoms with Crippen LogP contribution in [-0.4, -0.2) is 35.6 Å². The van der Waals surface area contributed by atoms with Crippen molar-refractivity contribution in [2.75, 3.05) is 19.6 Å². The standard InChI is InChI=1S/C15H25N3S/c1-12-17-9-14(19-12)10-18-8-7-16-15(11-18)13-5-3-2-4-6-13/h9,13,15-16H,2-8,10-11H2,1H3. The van der Waals surface area contributed by atoms with Crippen molar-refractivity contribution in [3.63, 3.8) is 0 Å². The first-order valence-corrected chi connectivity index (χ1v) is 8.50. The molecule has 1 saturated carbocycles. The van der Waals surface area contributed by atoms with Crippen LogP contribution in [0.3, 0.4) is 0 Å². The van der Waals surface area contributed by atoms with E-state index in [1.807, 2.05) is 11.3 Å². The predicted octanol–water partition coefficient (Wildman–Crippen LogP) is 2.81. The number of aryl methyl sites for hydroxylation is 1. The van der Waals surface area contributed by atoms with Gasteiger partial charge in [-0.2, -0.15) is 0 Å². The summed E-state index contributed by atoms with van der Waals surface area (Å²) in [6.45, 7) is 6.74. The van der Waals surface area contributed by atoms with Crippen LogP contribution < -0.4 is 5.32 Å². The molecular weight excluding hydrogens is 254 g/mol. The van der Waals surface area contributed by atoms with E-state index < -0.39 is 0 Å². The molecule has 0 amide bonds. The van der Waals surface area contributed by atoms with Crippen LogP contribution in [0.5, 0.6) is 0 Å². The van der Waals surface area contributed by atoms with Crippen molar-refractivity contribution >= 4 is 11.3 Å². The van der Waals surface area contributed by atoms with Gasteiger partial charge in [0.25, 0.3) is 0 Å². The molecule has 0 radical (unpaired) electrons. The fraction of sp³-hybridized carbons (Fsp3) is 0.800. The lowest BCUT2D eigenvalue weighted by Gasteiger charge is -2.39. The van der Waals surface area contributed by atoms with Crippen LogP contribution >= 0.6 is 11.3 Å². The molecule has 1 aliphatic heterocycles. The third-order valence-corrected chi connectivity index (χ3v) is 5.45. The van der Waals surface area contributed by atoms with Crippen LogP contribution in [0.4, 0.5) is 0 Å². The third kappa shape index (κ3) is 3.56. The van der Waals surface area contributed by atoms with Gasteiger partial charge in [0.05, 0.1) is 5.01 Å². The second-order valence-electron chi connectivity index (χ2n) is 6.04. The molecule has 2 aliphatic rings. The quantitative estimate of drug-likeness (QED) is 0.922. The van der Waals surface area contributed by atoms with Crippen LogP contribution in [-0.2, 0) is 6.54 Å². The zero-order chi connectivity index (χ0) is 13.1. The van der Waals surface area contributed by atoms with Crippen LogP contribution in [0.1, 0.15) is 42.0 Å². The summed E-state index contributed by atoms with van der Waals surface area (Å²) in [5.41, 5.74) is 0. The molecule has 1 unspecified atom stereocenters. The van der Waals surface area contributed by atoms with E-state index in [4.69, 9.17) is 0 Å². The van der Waals surface area contributed by atoms with E-state index in [0.29, 0.717) is 0 Å². The molecule has 0 aromatic carbocycles. The molecule has 2 heterocycles. The first-order chi connectivity index (χ1) is 9.31. The third-order valence-electron chi connectivity index (χ3n) is 4.56. The highest BCUT2D eigenvalue weighted by atomic mass is 32.1. The molecule has 1 aromatic rings. The van der Waals surface area contributed by atoms with E-state index in [-0.39, 0.29) is 0 Å². The highest BCUT2D eigenvalue weighted by Gasteiger charge is 2.28. The van der Waals surface area contributed by atoms with E-state index >= 15 is 0 Å². The molecule has 4 heteroatoms. The van der Waals surface area contributed by atoms with Crippen molar-refractivity contribution in [3.8, 4) is 0 Å². The molecule has 2 fully saturated rings. The number of piperazine rings is 1. The fourth-order valence-electron chi connectivity index (χ4n) is 3.54. The average molecular weight is 279 g/mol. The Hall–Kier alpha value is -0.450. The van der Waals surface area contributed by atoms with E-state index in [9.17, 15) is 0 Å². The summed E-state index contributed by atoms with van der Waals surface area (Å²) in [7, 11) is 0. The Kier molecular flexibility index (Phi) is 4.51. The first-order valence-electron chi connectivity index (χ1n) is 7.68. The number of thiazole rings is 1. The minimum absolute atomic E-state index is 0.725. The number of rotatable bonds is 3. The number of hydrogen-bond acceptors (Lipinski definition) is 4. The number of aromatic nitrogens is 1. The predicted molar refractivity (Wildman–Crippen MR) is 80.5 cm³/mol. The van der Waals surface area contributed by atoms with Crippen molar-refractivity contribution in [2.45, 2.75) is 51.6 Å². The Morgan fingerprint density at radius 1 is 1.37 bits per heavy atom. The first kappa shape index (κ1) is 13.5. The lowest BCUT2D eigenvalue weighted by Crippen LogP contribution is -2.53. The molecule has 1 atom stereocenters. The molecule has 3 rings (SSSR count). The van der Waals surface area contributed by atoms with Gasteiger partial charge in [0.15, 0.2) is 0 Å². The largest absolute Gasteiger partial charge is 0.311 e. The minimum atomic E-state index is 0.725. The summed E-state index contributed by atoms with van der Waals surface area (Å²) >= 11 is 1.85. The molecule has 106 valence electrons. The van der Waals surface area contributed by atoms with Crippen molar-refractivity contribution in [2.24, 2.45) is 5.92 Å². The van der Waals surface area contributed by atoms with Crippen LogP contribution in [0, 0.1) is 12.8 Å². The van der Waals surface area contributed by atoms with E-state index in [1.54, 1.807) is 0 Å². The van der Waals surface area contributed by atoms with Crippen LogP contribution in [0.15, 0.2) is 6.20 Å². The van der Waals surface area contributed by atoms with Gasteiger partial charge in [-0.05, 0) is 25.7 Å². The molecule has 1 aliphatic carbocycles. The Morgan fingerprint density at radius 3 is 2.95 bits per heavy atom. The van der Waals surface area contributed by atoms with Gasteiger partial charge in [-0.3, -0.25) is 4.90 Å². The highest BCUT2D eigenvalue weighted by molar-refractivity contribution is 7.11. The maximum Gasteiger partial charge on any atom is 0.0897 e. The summed E-state index contributed by atoms with van der Waals surface area (Å²) in [5.74, 6) is 0.916. The van der Waals surface area contributed by atoms with E-state index in [1.165, 1.54) is 55.1 Å². The van der Waals surface area contributed by atoms with Gasteiger partial charge in [0, 0.05) is 43.3 Å². The Balaban J connectivity index is 1.55. The fourth-order valence-corrected chi connectivity index (χ4v) is 4.37. The zero-order valence-corrected chi connectivity index (χ0v) is 12.7. The lowest BCUT2D eigenvalue weighted by atomic mass is 9.83. The average Bonchev–Trinajstić information content (AvgIpc) is 2.85. The Morgan fingerprint density at radius 2 is 2.21 bits per heavy atom. The van der Waals surface area contributed by atoms with Crippen LogP contribution in [0.2, 0.25) is 0 Å². The van der Waals surface area contributed by atoms with Crippen molar-refractivity contribution in [3.05, 3.63) is 16.1 Å². The monoisotopic (exact) mass is 279 g/mol. The van der Waals surface area contributed by atoms with Gasteiger partial charge >= 0.3 is 0 Å². The number of nitrogens with one attached hydrogen (secondary N) is 1. The molecule has 1 aromatic heterocycles. The molecule has 3 nitrogen and oxygen atoms in total. The van der Waals surface area contributed by atoms with E-state index in [2.05, 4.69) is 28.3 Å². The summed E-state index contributed by atoms with van der Waals surface area (Å²) in [6.07, 6.45) is 9.26. The molecule has 19 heavy (non-hydrogen) atoms. The summed E-state index contributed by atoms with van der Waals surface area (Å²) < 4.78 is 0. The molecule has 1 N–H and O–H groups in total. The zero-order valence-electron chi connectivity index (χ0n) is 11.9. The minimum Gasteiger partial charge on any atom is -0.311 e. The van der Waals surface area contributed by atoms with Crippen molar-refractivity contribution in [1.82, 2.24) is 15.2 Å². The van der Waals surface area contributed by atoms with Crippen molar-refractivity contribution < 1.29 is 0 Å². The molecule has 1 saturated heterocycles. The van der Waals surface area contributed by atoms with E-state index in [0.717, 1.165) is 25.0 Å². The second-order valence-corrected chi connectivity index (χ2v) is 7.36. The smallest absolute Gasteiger partial charge is 0.0897 e. The Labute approximate surface area is 120 Å². The topological polar surface area (TPSA) is 28.2 Å². The molecule has 0 spiro atoms. The Bertz CT molecular complexity index is 398. The van der Waals surface area contributed by atoms with Gasteiger partial charge < -0.3 is 5.32 Å². The SMILES string of the molecule is Cc1ncc(CN2CCNC(C3CCCCC3)C2)s1. The molecule has 0 bridgehead atoms. The summed E-state index contributed by atoms with van der Waals surface area (Å²) in [4.78, 5) is 8.40. The van der Waals surface area contributed by atoms with Gasteiger partial charge in [0.2, 0.25) is 0 Å². The number of nitrogens with zero attached hydrogens (tertiary/aromatic N) is 2. The second kappa shape index (κ2) is 6.33. The van der Waals surface area contributed by atoms with Gasteiger partial charge in [0.1, 0.15) is 0 Å². The highest BCUT2D eigenvalue weighted by Crippen LogP contribution is 2.28. The maximum atomic E-state index is 4.37. The van der Waals surface area contributed by atoms with Crippen LogP contribution in [0.25, 0.3) is 0 Å². The van der Waals surface area contributed by atoms with Gasteiger partial charge in [-0.25, -0.2) is 4.98 Å². The maximum absolute atomic E-state index is 4.37. The van der Waals surface area contributed by atoms with Crippen molar-refractivity contribution in [1.29, 1.82) is 0 Å². The molecular formula is C15H25N3S. The lowest BCUT2D eigenvalue weighted by molar-refractivity contribution is 0.142.